The minimum Gasteiger partial charge on any atom is -0.481 e. The Morgan fingerprint density at radius 3 is 2.60 bits per heavy atom. The fourth-order valence-electron chi connectivity index (χ4n) is 1.59. The number of carboxylic acid groups (broad SMARTS) is 1. The molecule has 20 heavy (non-hydrogen) atoms. The number of unbranched alkanes of at least 4 members (excludes halogenated alkanes) is 1. The first kappa shape index (κ1) is 16.6. The Bertz CT molecular complexity index is 463. The van der Waals surface area contributed by atoms with E-state index in [1.54, 1.807) is 11.3 Å². The van der Waals surface area contributed by atoms with Crippen molar-refractivity contribution in [1.82, 2.24) is 10.3 Å². The van der Waals surface area contributed by atoms with Crippen molar-refractivity contribution in [3.8, 4) is 0 Å². The number of nitrogens with one attached hydrogen (secondary N) is 1. The number of carbonyl (C=O) groups is 2. The molecule has 0 saturated heterocycles. The third-order valence-electron chi connectivity index (χ3n) is 2.67. The van der Waals surface area contributed by atoms with Gasteiger partial charge in [-0.05, 0) is 12.8 Å². The van der Waals surface area contributed by atoms with Crippen LogP contribution in [0.4, 0.5) is 0 Å². The number of hydrogen-bond acceptors (Lipinski definition) is 4. The van der Waals surface area contributed by atoms with Crippen molar-refractivity contribution in [3.05, 3.63) is 16.1 Å². The Morgan fingerprint density at radius 1 is 1.35 bits per heavy atom. The van der Waals surface area contributed by atoms with E-state index in [0.717, 1.165) is 10.7 Å². The first-order chi connectivity index (χ1) is 9.29. The number of thiazole rings is 1. The molecule has 0 bridgehead atoms. The van der Waals surface area contributed by atoms with Gasteiger partial charge < -0.3 is 10.4 Å². The standard InChI is InChI=1S/C14H22N2O3S/c1-14(2,3)13-16-10(9-20-13)8-11(17)15-7-5-4-6-12(18)19/h9H,4-8H2,1-3H3,(H,15,17)(H,18,19). The van der Waals surface area contributed by atoms with Crippen molar-refractivity contribution in [3.63, 3.8) is 0 Å². The molecule has 0 aliphatic rings. The molecule has 1 amide bonds. The Labute approximate surface area is 123 Å². The van der Waals surface area contributed by atoms with Gasteiger partial charge in [-0.3, -0.25) is 9.59 Å². The van der Waals surface area contributed by atoms with Crippen LogP contribution in [0.15, 0.2) is 5.38 Å². The lowest BCUT2D eigenvalue weighted by Gasteiger charge is -2.13. The number of aromatic nitrogens is 1. The summed E-state index contributed by atoms with van der Waals surface area (Å²) >= 11 is 1.58. The number of carbonyl (C=O) groups excluding carboxylic acids is 1. The van der Waals surface area contributed by atoms with Crippen LogP contribution in [0.5, 0.6) is 0 Å². The van der Waals surface area contributed by atoms with Gasteiger partial charge >= 0.3 is 5.97 Å². The van der Waals surface area contributed by atoms with Gasteiger partial charge in [0.25, 0.3) is 0 Å². The van der Waals surface area contributed by atoms with Crippen LogP contribution in [0.3, 0.4) is 0 Å². The normalized spacial score (nSPS) is 11.3. The second kappa shape index (κ2) is 7.38. The molecule has 1 aromatic rings. The first-order valence-electron chi connectivity index (χ1n) is 6.72. The Morgan fingerprint density at radius 2 is 2.05 bits per heavy atom. The van der Waals surface area contributed by atoms with E-state index in [2.05, 4.69) is 31.1 Å². The SMILES string of the molecule is CC(C)(C)c1nc(CC(=O)NCCCCC(=O)O)cs1. The van der Waals surface area contributed by atoms with Crippen molar-refractivity contribution in [2.45, 2.75) is 51.9 Å². The van der Waals surface area contributed by atoms with Crippen molar-refractivity contribution >= 4 is 23.2 Å². The van der Waals surface area contributed by atoms with Crippen LogP contribution in [0, 0.1) is 0 Å². The second-order valence-corrected chi connectivity index (χ2v) is 6.63. The highest BCUT2D eigenvalue weighted by molar-refractivity contribution is 7.09. The summed E-state index contributed by atoms with van der Waals surface area (Å²) < 4.78 is 0. The van der Waals surface area contributed by atoms with Crippen molar-refractivity contribution < 1.29 is 14.7 Å². The molecular formula is C14H22N2O3S. The van der Waals surface area contributed by atoms with Crippen molar-refractivity contribution in [2.75, 3.05) is 6.54 Å². The van der Waals surface area contributed by atoms with Gasteiger partial charge in [0, 0.05) is 23.8 Å². The molecule has 1 rings (SSSR count). The fraction of sp³-hybridized carbons (Fsp3) is 0.643. The van der Waals surface area contributed by atoms with Crippen LogP contribution in [-0.4, -0.2) is 28.5 Å². The van der Waals surface area contributed by atoms with Crippen LogP contribution in [0.1, 0.15) is 50.7 Å². The zero-order chi connectivity index (χ0) is 15.2. The molecule has 1 heterocycles. The van der Waals surface area contributed by atoms with Gasteiger partial charge in [-0.25, -0.2) is 4.98 Å². The number of rotatable bonds is 7. The zero-order valence-corrected chi connectivity index (χ0v) is 13.0. The average molecular weight is 298 g/mol. The maximum absolute atomic E-state index is 11.7. The summed E-state index contributed by atoms with van der Waals surface area (Å²) in [6.45, 7) is 6.80. The highest BCUT2D eigenvalue weighted by atomic mass is 32.1. The van der Waals surface area contributed by atoms with Gasteiger partial charge in [-0.15, -0.1) is 11.3 Å². The van der Waals surface area contributed by atoms with E-state index in [1.807, 2.05) is 5.38 Å². The predicted molar refractivity (Wildman–Crippen MR) is 79.0 cm³/mol. The van der Waals surface area contributed by atoms with Crippen LogP contribution in [-0.2, 0) is 21.4 Å². The van der Waals surface area contributed by atoms with Crippen LogP contribution in [0.2, 0.25) is 0 Å². The maximum Gasteiger partial charge on any atom is 0.303 e. The van der Waals surface area contributed by atoms with Gasteiger partial charge in [0.05, 0.1) is 17.1 Å². The monoisotopic (exact) mass is 298 g/mol. The molecule has 112 valence electrons. The molecule has 5 nitrogen and oxygen atoms in total. The second-order valence-electron chi connectivity index (χ2n) is 5.77. The molecule has 0 spiro atoms. The number of amides is 1. The van der Waals surface area contributed by atoms with Gasteiger partial charge in [0.2, 0.25) is 5.91 Å². The molecular weight excluding hydrogens is 276 g/mol. The molecule has 1 aromatic heterocycles. The minimum atomic E-state index is -0.798. The molecule has 0 unspecified atom stereocenters. The quantitative estimate of drug-likeness (QED) is 0.757. The number of aliphatic carboxylic acids is 1. The fourth-order valence-corrected chi connectivity index (χ4v) is 2.50. The molecule has 0 aromatic carbocycles. The van der Waals surface area contributed by atoms with E-state index in [4.69, 9.17) is 5.11 Å². The van der Waals surface area contributed by atoms with Gasteiger partial charge in [-0.2, -0.15) is 0 Å². The van der Waals surface area contributed by atoms with Crippen molar-refractivity contribution in [2.24, 2.45) is 0 Å². The van der Waals surface area contributed by atoms with Crippen LogP contribution >= 0.6 is 11.3 Å². The largest absolute Gasteiger partial charge is 0.481 e. The van der Waals surface area contributed by atoms with Gasteiger partial charge in [0.1, 0.15) is 0 Å². The summed E-state index contributed by atoms with van der Waals surface area (Å²) in [5.41, 5.74) is 0.805. The summed E-state index contributed by atoms with van der Waals surface area (Å²) in [6.07, 6.45) is 1.70. The van der Waals surface area contributed by atoms with Gasteiger partial charge in [0.15, 0.2) is 0 Å². The summed E-state index contributed by atoms with van der Waals surface area (Å²) in [6, 6.07) is 0. The molecule has 2 N–H and O–H groups in total. The van der Waals surface area contributed by atoms with E-state index < -0.39 is 5.97 Å². The van der Waals surface area contributed by atoms with E-state index in [-0.39, 0.29) is 24.2 Å². The van der Waals surface area contributed by atoms with E-state index >= 15 is 0 Å². The molecule has 0 aliphatic carbocycles. The predicted octanol–water partition coefficient (Wildman–Crippen LogP) is 2.35. The summed E-state index contributed by atoms with van der Waals surface area (Å²) in [5, 5.41) is 14.2. The van der Waals surface area contributed by atoms with E-state index in [1.165, 1.54) is 0 Å². The lowest BCUT2D eigenvalue weighted by atomic mass is 9.98. The Kier molecular flexibility index (Phi) is 6.13. The molecule has 0 atom stereocenters. The lowest BCUT2D eigenvalue weighted by Crippen LogP contribution is -2.26. The molecule has 0 aliphatic heterocycles. The smallest absolute Gasteiger partial charge is 0.303 e. The first-order valence-corrected chi connectivity index (χ1v) is 7.60. The maximum atomic E-state index is 11.7. The average Bonchev–Trinajstić information content (AvgIpc) is 2.76. The van der Waals surface area contributed by atoms with Crippen molar-refractivity contribution in [1.29, 1.82) is 0 Å². The minimum absolute atomic E-state index is 0.0101. The Hall–Kier alpha value is -1.43. The van der Waals surface area contributed by atoms with E-state index in [9.17, 15) is 9.59 Å². The highest BCUT2D eigenvalue weighted by Gasteiger charge is 2.18. The highest BCUT2D eigenvalue weighted by Crippen LogP contribution is 2.25. The molecule has 0 fully saturated rings. The third-order valence-corrected chi connectivity index (χ3v) is 3.99. The van der Waals surface area contributed by atoms with E-state index in [0.29, 0.717) is 19.4 Å². The Balaban J connectivity index is 2.29. The van der Waals surface area contributed by atoms with Gasteiger partial charge in [-0.1, -0.05) is 20.8 Å². The summed E-state index contributed by atoms with van der Waals surface area (Å²) in [7, 11) is 0. The molecule has 0 radical (unpaired) electrons. The van der Waals surface area contributed by atoms with Crippen LogP contribution in [0.25, 0.3) is 0 Å². The molecule has 6 heteroatoms. The number of nitrogens with zero attached hydrogens (tertiary/aromatic N) is 1. The number of hydrogen-bond donors (Lipinski definition) is 2. The molecule has 0 saturated carbocycles. The topological polar surface area (TPSA) is 79.3 Å². The number of carboxylic acids is 1. The lowest BCUT2D eigenvalue weighted by molar-refractivity contribution is -0.137. The van der Waals surface area contributed by atoms with Crippen LogP contribution < -0.4 is 5.32 Å². The zero-order valence-electron chi connectivity index (χ0n) is 12.2. The summed E-state index contributed by atoms with van der Waals surface area (Å²) in [4.78, 5) is 26.5. The third kappa shape index (κ3) is 6.14. The summed E-state index contributed by atoms with van der Waals surface area (Å²) in [5.74, 6) is -0.861.